The minimum atomic E-state index is -3.88. The van der Waals surface area contributed by atoms with Crippen molar-refractivity contribution in [1.29, 1.82) is 0 Å². The fraction of sp³-hybridized carbons (Fsp3) is 0.417. The molecule has 0 N–H and O–H groups in total. The second-order valence-corrected chi connectivity index (χ2v) is 10.2. The fourth-order valence-corrected chi connectivity index (χ4v) is 5.95. The highest BCUT2D eigenvalue weighted by Crippen LogP contribution is 2.36. The quantitative estimate of drug-likeness (QED) is 0.550. The maximum absolute atomic E-state index is 13.6. The lowest BCUT2D eigenvalue weighted by atomic mass is 9.97. The molecule has 2 atom stereocenters. The molecule has 2 aliphatic heterocycles. The number of nitrogens with zero attached hydrogens (tertiary/aromatic N) is 2. The Hall–Kier alpha value is -3.31. The van der Waals surface area contributed by atoms with Gasteiger partial charge in [0.25, 0.3) is 0 Å². The second kappa shape index (κ2) is 10.1. The molecule has 2 unspecified atom stereocenters. The highest BCUT2D eigenvalue weighted by Gasteiger charge is 2.40. The number of methoxy groups -OCH3 is 3. The van der Waals surface area contributed by atoms with Crippen LogP contribution in [0, 0.1) is 5.92 Å². The maximum atomic E-state index is 13.6. The number of sulfonamides is 1. The first kappa shape index (κ1) is 24.8. The van der Waals surface area contributed by atoms with Crippen LogP contribution in [0.5, 0.6) is 17.2 Å². The van der Waals surface area contributed by atoms with E-state index < -0.39 is 28.0 Å². The minimum absolute atomic E-state index is 0.0125. The van der Waals surface area contributed by atoms with Gasteiger partial charge in [0.1, 0.15) is 5.75 Å². The second-order valence-electron chi connectivity index (χ2n) is 8.27. The normalized spacial score (nSPS) is 20.4. The van der Waals surface area contributed by atoms with E-state index in [0.29, 0.717) is 42.3 Å². The number of carbonyl (C=O) groups excluding carboxylic acids is 2. The molecule has 35 heavy (non-hydrogen) atoms. The van der Waals surface area contributed by atoms with E-state index in [0.717, 1.165) is 0 Å². The molecule has 4 rings (SSSR count). The third kappa shape index (κ3) is 4.78. The van der Waals surface area contributed by atoms with Crippen LogP contribution in [0.3, 0.4) is 0 Å². The van der Waals surface area contributed by atoms with Gasteiger partial charge in [-0.2, -0.15) is 4.31 Å². The number of para-hydroxylation sites is 2. The predicted octanol–water partition coefficient (Wildman–Crippen LogP) is 2.07. The van der Waals surface area contributed by atoms with Gasteiger partial charge in [0.2, 0.25) is 22.0 Å². The highest BCUT2D eigenvalue weighted by molar-refractivity contribution is 7.89. The number of hydrogen-bond acceptors (Lipinski definition) is 8. The molecule has 2 aliphatic rings. The number of esters is 1. The van der Waals surface area contributed by atoms with E-state index in [1.54, 1.807) is 24.3 Å². The Morgan fingerprint density at radius 3 is 2.46 bits per heavy atom. The Bertz CT molecular complexity index is 1220. The first-order chi connectivity index (χ1) is 16.8. The van der Waals surface area contributed by atoms with Crippen LogP contribution in [0.25, 0.3) is 0 Å². The first-order valence-electron chi connectivity index (χ1n) is 11.2. The van der Waals surface area contributed by atoms with Gasteiger partial charge in [0.05, 0.1) is 44.4 Å². The molecule has 0 radical (unpaired) electrons. The topological polar surface area (TPSA) is 112 Å². The number of hydrogen-bond donors (Lipinski definition) is 0. The van der Waals surface area contributed by atoms with Gasteiger partial charge < -0.3 is 23.8 Å². The summed E-state index contributed by atoms with van der Waals surface area (Å²) in [6.45, 7) is 0.310. The average molecular weight is 505 g/mol. The summed E-state index contributed by atoms with van der Waals surface area (Å²) in [5.41, 5.74) is 0.539. The van der Waals surface area contributed by atoms with Crippen molar-refractivity contribution in [2.75, 3.05) is 45.9 Å². The SMILES string of the molecule is COC(=O)C1CN(C(=O)C2CCCN(S(=O)(=O)c3ccc(OC)c(OC)c3)C2)c2ccccc2O1. The lowest BCUT2D eigenvalue weighted by Crippen LogP contribution is -2.52. The van der Waals surface area contributed by atoms with Crippen molar-refractivity contribution in [3.05, 3.63) is 42.5 Å². The van der Waals surface area contributed by atoms with Gasteiger partial charge >= 0.3 is 5.97 Å². The maximum Gasteiger partial charge on any atom is 0.348 e. The number of fused-ring (bicyclic) bond motifs is 1. The van der Waals surface area contributed by atoms with Gasteiger partial charge in [-0.05, 0) is 37.1 Å². The lowest BCUT2D eigenvalue weighted by molar-refractivity contribution is -0.148. The van der Waals surface area contributed by atoms with Crippen LogP contribution >= 0.6 is 0 Å². The zero-order chi connectivity index (χ0) is 25.2. The zero-order valence-corrected chi connectivity index (χ0v) is 20.6. The van der Waals surface area contributed by atoms with E-state index in [4.69, 9.17) is 18.9 Å². The number of amides is 1. The van der Waals surface area contributed by atoms with Crippen LogP contribution in [-0.4, -0.2) is 71.7 Å². The zero-order valence-electron chi connectivity index (χ0n) is 19.8. The van der Waals surface area contributed by atoms with Gasteiger partial charge in [0, 0.05) is 19.2 Å². The molecule has 0 bridgehead atoms. The molecule has 0 aromatic heterocycles. The number of anilines is 1. The van der Waals surface area contributed by atoms with Crippen molar-refractivity contribution in [3.63, 3.8) is 0 Å². The van der Waals surface area contributed by atoms with Crippen LogP contribution in [0.1, 0.15) is 12.8 Å². The van der Waals surface area contributed by atoms with E-state index >= 15 is 0 Å². The molecule has 2 aromatic carbocycles. The van der Waals surface area contributed by atoms with Crippen LogP contribution < -0.4 is 19.1 Å². The van der Waals surface area contributed by atoms with Gasteiger partial charge in [-0.3, -0.25) is 4.79 Å². The molecule has 0 aliphatic carbocycles. The predicted molar refractivity (Wildman–Crippen MR) is 126 cm³/mol. The first-order valence-corrected chi connectivity index (χ1v) is 12.6. The van der Waals surface area contributed by atoms with Gasteiger partial charge in [-0.1, -0.05) is 12.1 Å². The summed E-state index contributed by atoms with van der Waals surface area (Å²) < 4.78 is 49.1. The standard InChI is InChI=1S/C24H28N2O8S/c1-31-20-11-10-17(13-21(20)32-2)35(29,30)25-12-6-7-16(14-25)23(27)26-15-22(24(28)33-3)34-19-9-5-4-8-18(19)26/h4-5,8-11,13,16,22H,6-7,12,14-15H2,1-3H3. The number of piperidine rings is 1. The van der Waals surface area contributed by atoms with E-state index in [1.165, 1.54) is 48.7 Å². The molecular weight excluding hydrogens is 476 g/mol. The van der Waals surface area contributed by atoms with Crippen molar-refractivity contribution in [2.45, 2.75) is 23.8 Å². The molecular formula is C24H28N2O8S. The van der Waals surface area contributed by atoms with E-state index in [-0.39, 0.29) is 23.9 Å². The van der Waals surface area contributed by atoms with Crippen LogP contribution in [-0.2, 0) is 24.3 Å². The molecule has 0 spiro atoms. The third-order valence-corrected chi connectivity index (χ3v) is 8.09. The summed E-state index contributed by atoms with van der Waals surface area (Å²) in [6.07, 6.45) is 0.0863. The van der Waals surface area contributed by atoms with Gasteiger partial charge in [-0.25, -0.2) is 13.2 Å². The molecule has 11 heteroatoms. The number of carbonyl (C=O) groups is 2. The molecule has 0 saturated carbocycles. The Balaban J connectivity index is 1.58. The highest BCUT2D eigenvalue weighted by atomic mass is 32.2. The molecule has 2 heterocycles. The van der Waals surface area contributed by atoms with Crippen LogP contribution in [0.2, 0.25) is 0 Å². The number of benzene rings is 2. The number of rotatable bonds is 6. The van der Waals surface area contributed by atoms with Crippen molar-refractivity contribution < 1.29 is 37.0 Å². The van der Waals surface area contributed by atoms with Gasteiger partial charge in [0.15, 0.2) is 11.5 Å². The third-order valence-electron chi connectivity index (χ3n) is 6.23. The van der Waals surface area contributed by atoms with Crippen molar-refractivity contribution in [3.8, 4) is 17.2 Å². The Morgan fingerprint density at radius 1 is 1.00 bits per heavy atom. The molecule has 1 saturated heterocycles. The Kier molecular flexibility index (Phi) is 7.18. The van der Waals surface area contributed by atoms with Crippen molar-refractivity contribution >= 4 is 27.6 Å². The molecule has 10 nitrogen and oxygen atoms in total. The van der Waals surface area contributed by atoms with Crippen molar-refractivity contribution in [1.82, 2.24) is 4.31 Å². The minimum Gasteiger partial charge on any atom is -0.493 e. The lowest BCUT2D eigenvalue weighted by Gasteiger charge is -2.38. The van der Waals surface area contributed by atoms with E-state index in [2.05, 4.69) is 0 Å². The molecule has 2 aromatic rings. The monoisotopic (exact) mass is 504 g/mol. The summed E-state index contributed by atoms with van der Waals surface area (Å²) >= 11 is 0. The fourth-order valence-electron chi connectivity index (χ4n) is 4.41. The van der Waals surface area contributed by atoms with E-state index in [1.807, 2.05) is 0 Å². The van der Waals surface area contributed by atoms with E-state index in [9.17, 15) is 18.0 Å². The van der Waals surface area contributed by atoms with Crippen LogP contribution in [0.4, 0.5) is 5.69 Å². The van der Waals surface area contributed by atoms with Gasteiger partial charge in [-0.15, -0.1) is 0 Å². The molecule has 188 valence electrons. The molecule has 1 fully saturated rings. The Morgan fingerprint density at radius 2 is 1.74 bits per heavy atom. The summed E-state index contributed by atoms with van der Waals surface area (Å²) in [4.78, 5) is 27.4. The van der Waals surface area contributed by atoms with Crippen LogP contribution in [0.15, 0.2) is 47.4 Å². The smallest absolute Gasteiger partial charge is 0.348 e. The Labute approximate surface area is 204 Å². The largest absolute Gasteiger partial charge is 0.493 e. The summed E-state index contributed by atoms with van der Waals surface area (Å²) in [5.74, 6) is -0.307. The van der Waals surface area contributed by atoms with Crippen molar-refractivity contribution in [2.24, 2.45) is 5.92 Å². The summed E-state index contributed by atoms with van der Waals surface area (Å²) in [5, 5.41) is 0. The summed E-state index contributed by atoms with van der Waals surface area (Å²) in [7, 11) is 0.293. The average Bonchev–Trinajstić information content (AvgIpc) is 2.91. The summed E-state index contributed by atoms with van der Waals surface area (Å²) in [6, 6.07) is 11.4. The number of ether oxygens (including phenoxy) is 4. The molecule has 1 amide bonds.